The van der Waals surface area contributed by atoms with Crippen LogP contribution >= 0.6 is 11.9 Å². The highest BCUT2D eigenvalue weighted by atomic mass is 32.2. The fraction of sp³-hybridized carbons (Fsp3) is 0.700. The largest absolute Gasteiger partial charge is 0.300 e. The summed E-state index contributed by atoms with van der Waals surface area (Å²) >= 11 is 1.95. The van der Waals surface area contributed by atoms with Gasteiger partial charge in [0.1, 0.15) is 0 Å². The van der Waals surface area contributed by atoms with Crippen LogP contribution in [-0.4, -0.2) is 41.4 Å². The number of piperidine rings is 2. The van der Waals surface area contributed by atoms with E-state index in [1.165, 1.54) is 62.3 Å². The first-order chi connectivity index (χ1) is 11.1. The van der Waals surface area contributed by atoms with Gasteiger partial charge in [-0.15, -0.1) is 0 Å². The first-order valence-corrected chi connectivity index (χ1v) is 10.2. The Labute approximate surface area is 146 Å². The Balaban J connectivity index is 1.45. The molecule has 0 amide bonds. The van der Waals surface area contributed by atoms with Crippen LogP contribution in [0, 0.1) is 5.92 Å². The second-order valence-corrected chi connectivity index (χ2v) is 8.86. The van der Waals surface area contributed by atoms with Crippen LogP contribution < -0.4 is 0 Å². The zero-order valence-corrected chi connectivity index (χ0v) is 15.8. The summed E-state index contributed by atoms with van der Waals surface area (Å²) < 4.78 is 2.56. The molecule has 0 unspecified atom stereocenters. The maximum Gasteiger partial charge on any atom is 0.0230 e. The summed E-state index contributed by atoms with van der Waals surface area (Å²) in [6.07, 6.45) is 5.48. The quantitative estimate of drug-likeness (QED) is 0.715. The van der Waals surface area contributed by atoms with E-state index in [0.717, 1.165) is 12.0 Å². The standard InChI is InChI=1S/C20H32N2S/c1-16(2)18-4-6-20(7-5-18)23-22-14-10-19(11-15-22)21-12-8-17(3)9-13-21/h4-7,16-17,19H,8-15H2,1-3H3. The van der Waals surface area contributed by atoms with Crippen molar-refractivity contribution in [1.82, 2.24) is 9.21 Å². The molecule has 2 aliphatic rings. The zero-order chi connectivity index (χ0) is 16.2. The Kier molecular flexibility index (Phi) is 6.06. The van der Waals surface area contributed by atoms with E-state index in [2.05, 4.69) is 54.2 Å². The van der Waals surface area contributed by atoms with Gasteiger partial charge in [0.25, 0.3) is 0 Å². The van der Waals surface area contributed by atoms with E-state index in [1.54, 1.807) is 0 Å². The molecule has 23 heavy (non-hydrogen) atoms. The van der Waals surface area contributed by atoms with Crippen LogP contribution in [0.4, 0.5) is 0 Å². The normalized spacial score (nSPS) is 22.8. The van der Waals surface area contributed by atoms with Gasteiger partial charge >= 0.3 is 0 Å². The molecular weight excluding hydrogens is 300 g/mol. The lowest BCUT2D eigenvalue weighted by molar-refractivity contribution is 0.103. The van der Waals surface area contributed by atoms with Crippen LogP contribution in [-0.2, 0) is 0 Å². The number of rotatable bonds is 4. The lowest BCUT2D eigenvalue weighted by Crippen LogP contribution is -2.46. The molecule has 2 heterocycles. The number of nitrogens with zero attached hydrogens (tertiary/aromatic N) is 2. The summed E-state index contributed by atoms with van der Waals surface area (Å²) in [6, 6.07) is 9.99. The first-order valence-electron chi connectivity index (χ1n) is 9.38. The van der Waals surface area contributed by atoms with E-state index in [9.17, 15) is 0 Å². The van der Waals surface area contributed by atoms with Gasteiger partial charge in [0.15, 0.2) is 0 Å². The minimum Gasteiger partial charge on any atom is -0.300 e. The molecule has 0 spiro atoms. The van der Waals surface area contributed by atoms with Crippen LogP contribution in [0.3, 0.4) is 0 Å². The van der Waals surface area contributed by atoms with E-state index in [4.69, 9.17) is 0 Å². The predicted molar refractivity (Wildman–Crippen MR) is 101 cm³/mol. The molecule has 0 saturated carbocycles. The molecule has 0 aliphatic carbocycles. The third kappa shape index (κ3) is 4.74. The van der Waals surface area contributed by atoms with E-state index < -0.39 is 0 Å². The molecule has 3 rings (SSSR count). The Hall–Kier alpha value is -0.510. The molecule has 128 valence electrons. The predicted octanol–water partition coefficient (Wildman–Crippen LogP) is 5.01. The molecule has 0 bridgehead atoms. The van der Waals surface area contributed by atoms with Gasteiger partial charge in [-0.3, -0.25) is 0 Å². The maximum atomic E-state index is 2.76. The van der Waals surface area contributed by atoms with Crippen LogP contribution in [0.25, 0.3) is 0 Å². The van der Waals surface area contributed by atoms with Crippen molar-refractivity contribution >= 4 is 11.9 Å². The third-order valence-corrected chi connectivity index (χ3v) is 6.65. The topological polar surface area (TPSA) is 6.48 Å². The third-order valence-electron chi connectivity index (χ3n) is 5.54. The number of hydrogen-bond acceptors (Lipinski definition) is 3. The summed E-state index contributed by atoms with van der Waals surface area (Å²) in [5, 5.41) is 0. The van der Waals surface area contributed by atoms with Crippen LogP contribution in [0.2, 0.25) is 0 Å². The summed E-state index contributed by atoms with van der Waals surface area (Å²) in [6.45, 7) is 12.0. The molecular formula is C20H32N2S. The van der Waals surface area contributed by atoms with Gasteiger partial charge in [0, 0.05) is 24.0 Å². The minimum absolute atomic E-state index is 0.622. The van der Waals surface area contributed by atoms with Crippen molar-refractivity contribution < 1.29 is 0 Å². The van der Waals surface area contributed by atoms with Gasteiger partial charge in [0.05, 0.1) is 0 Å². The first kappa shape index (κ1) is 17.3. The van der Waals surface area contributed by atoms with Crippen molar-refractivity contribution in [2.24, 2.45) is 5.92 Å². The van der Waals surface area contributed by atoms with Gasteiger partial charge in [-0.2, -0.15) is 0 Å². The molecule has 0 atom stereocenters. The second kappa shape index (κ2) is 8.04. The van der Waals surface area contributed by atoms with Crippen LogP contribution in [0.15, 0.2) is 29.2 Å². The molecule has 0 N–H and O–H groups in total. The molecule has 0 radical (unpaired) electrons. The SMILES string of the molecule is CC1CCN(C2CCN(Sc3ccc(C(C)C)cc3)CC2)CC1. The van der Waals surface area contributed by atoms with E-state index in [-0.39, 0.29) is 0 Å². The summed E-state index contributed by atoms with van der Waals surface area (Å²) in [5.41, 5.74) is 1.44. The highest BCUT2D eigenvalue weighted by Crippen LogP contribution is 2.30. The highest BCUT2D eigenvalue weighted by molar-refractivity contribution is 7.97. The monoisotopic (exact) mass is 332 g/mol. The summed E-state index contributed by atoms with van der Waals surface area (Å²) in [4.78, 5) is 4.15. The fourth-order valence-electron chi connectivity index (χ4n) is 3.75. The van der Waals surface area contributed by atoms with Crippen molar-refractivity contribution in [3.8, 4) is 0 Å². The number of likely N-dealkylation sites (tertiary alicyclic amines) is 1. The lowest BCUT2D eigenvalue weighted by Gasteiger charge is -2.41. The molecule has 2 saturated heterocycles. The Bertz CT molecular complexity index is 469. The maximum absolute atomic E-state index is 2.76. The molecule has 3 heteroatoms. The van der Waals surface area contributed by atoms with E-state index >= 15 is 0 Å². The van der Waals surface area contributed by atoms with Crippen molar-refractivity contribution in [3.63, 3.8) is 0 Å². The minimum atomic E-state index is 0.622. The van der Waals surface area contributed by atoms with Crippen LogP contribution in [0.1, 0.15) is 57.9 Å². The van der Waals surface area contributed by atoms with Crippen LogP contribution in [0.5, 0.6) is 0 Å². The van der Waals surface area contributed by atoms with Gasteiger partial charge in [-0.25, -0.2) is 4.31 Å². The van der Waals surface area contributed by atoms with Crippen molar-refractivity contribution in [1.29, 1.82) is 0 Å². The average molecular weight is 333 g/mol. The van der Waals surface area contributed by atoms with E-state index in [1.807, 2.05) is 11.9 Å². The van der Waals surface area contributed by atoms with Gasteiger partial charge < -0.3 is 4.90 Å². The average Bonchev–Trinajstić information content (AvgIpc) is 2.57. The lowest BCUT2D eigenvalue weighted by atomic mass is 9.95. The Morgan fingerprint density at radius 1 is 0.913 bits per heavy atom. The molecule has 1 aromatic rings. The molecule has 2 fully saturated rings. The van der Waals surface area contributed by atoms with Crippen molar-refractivity contribution in [2.45, 2.75) is 63.3 Å². The molecule has 1 aromatic carbocycles. The zero-order valence-electron chi connectivity index (χ0n) is 15.0. The van der Waals surface area contributed by atoms with Gasteiger partial charge in [-0.05, 0) is 80.3 Å². The Morgan fingerprint density at radius 2 is 1.52 bits per heavy atom. The molecule has 0 aromatic heterocycles. The summed E-state index contributed by atoms with van der Waals surface area (Å²) in [7, 11) is 0. The second-order valence-electron chi connectivity index (χ2n) is 7.69. The van der Waals surface area contributed by atoms with Gasteiger partial charge in [-0.1, -0.05) is 32.9 Å². The fourth-order valence-corrected chi connectivity index (χ4v) is 4.70. The number of hydrogen-bond donors (Lipinski definition) is 0. The highest BCUT2D eigenvalue weighted by Gasteiger charge is 2.27. The van der Waals surface area contributed by atoms with E-state index in [0.29, 0.717) is 5.92 Å². The Morgan fingerprint density at radius 3 is 2.09 bits per heavy atom. The smallest absolute Gasteiger partial charge is 0.0230 e. The van der Waals surface area contributed by atoms with Gasteiger partial charge in [0.2, 0.25) is 0 Å². The molecule has 2 aliphatic heterocycles. The van der Waals surface area contributed by atoms with Crippen molar-refractivity contribution in [3.05, 3.63) is 29.8 Å². The molecule has 2 nitrogen and oxygen atoms in total. The number of benzene rings is 1. The van der Waals surface area contributed by atoms with Crippen molar-refractivity contribution in [2.75, 3.05) is 26.2 Å². The summed E-state index contributed by atoms with van der Waals surface area (Å²) in [5.74, 6) is 1.56.